The summed E-state index contributed by atoms with van der Waals surface area (Å²) in [5, 5.41) is 10.8. The maximum Gasteiger partial charge on any atom is 0.330 e. The quantitative estimate of drug-likeness (QED) is 0.494. The Morgan fingerprint density at radius 3 is 2.32 bits per heavy atom. The summed E-state index contributed by atoms with van der Waals surface area (Å²) in [5.74, 6) is 0.0574. The van der Waals surface area contributed by atoms with Crippen LogP contribution in [0, 0.1) is 10.1 Å². The highest BCUT2D eigenvalue weighted by Gasteiger charge is 2.17. The topological polar surface area (TPSA) is 127 Å². The lowest BCUT2D eigenvalue weighted by atomic mass is 10.2. The van der Waals surface area contributed by atoms with Crippen LogP contribution in [-0.2, 0) is 13.1 Å². The van der Waals surface area contributed by atoms with E-state index in [0.29, 0.717) is 0 Å². The summed E-state index contributed by atoms with van der Waals surface area (Å²) < 4.78 is 1.30. The standard InChI is InChI=1S/C19H19N5O4/c1-22(11-14-7-9-15(10-8-14)24(27)28)16-17(20)23(19(26)21-18(16)25)12-13-5-3-2-4-6-13/h2-10H,11-12,20H2,1H3,(H,21,25,26). The molecule has 3 rings (SSSR count). The first-order valence-corrected chi connectivity index (χ1v) is 8.48. The van der Waals surface area contributed by atoms with Gasteiger partial charge < -0.3 is 10.6 Å². The van der Waals surface area contributed by atoms with Crippen LogP contribution in [0.1, 0.15) is 11.1 Å². The first-order valence-electron chi connectivity index (χ1n) is 8.48. The smallest absolute Gasteiger partial charge is 0.330 e. The van der Waals surface area contributed by atoms with Gasteiger partial charge in [-0.1, -0.05) is 42.5 Å². The number of hydrogen-bond acceptors (Lipinski definition) is 6. The number of benzene rings is 2. The van der Waals surface area contributed by atoms with E-state index in [9.17, 15) is 19.7 Å². The zero-order valence-corrected chi connectivity index (χ0v) is 15.2. The number of nitrogen functional groups attached to an aromatic ring is 1. The van der Waals surface area contributed by atoms with Crippen LogP contribution in [-0.4, -0.2) is 21.5 Å². The molecule has 0 fully saturated rings. The average molecular weight is 381 g/mol. The number of nitrogens with one attached hydrogen (secondary N) is 1. The molecule has 1 aromatic heterocycles. The van der Waals surface area contributed by atoms with Crippen LogP contribution in [0.5, 0.6) is 0 Å². The molecule has 0 aliphatic carbocycles. The van der Waals surface area contributed by atoms with Gasteiger partial charge in [-0.05, 0) is 11.1 Å². The van der Waals surface area contributed by atoms with Crippen LogP contribution in [0.4, 0.5) is 17.2 Å². The van der Waals surface area contributed by atoms with Crippen molar-refractivity contribution in [2.75, 3.05) is 17.7 Å². The summed E-state index contributed by atoms with van der Waals surface area (Å²) in [6, 6.07) is 15.3. The molecule has 9 heteroatoms. The number of rotatable bonds is 6. The van der Waals surface area contributed by atoms with Crippen LogP contribution >= 0.6 is 0 Å². The van der Waals surface area contributed by atoms with Gasteiger partial charge in [-0.3, -0.25) is 24.5 Å². The van der Waals surface area contributed by atoms with Crippen molar-refractivity contribution in [2.45, 2.75) is 13.1 Å². The lowest BCUT2D eigenvalue weighted by Gasteiger charge is -2.22. The fourth-order valence-corrected chi connectivity index (χ4v) is 2.95. The summed E-state index contributed by atoms with van der Waals surface area (Å²) in [6.45, 7) is 0.509. The third-order valence-corrected chi connectivity index (χ3v) is 4.35. The van der Waals surface area contributed by atoms with E-state index < -0.39 is 16.2 Å². The molecule has 0 spiro atoms. The van der Waals surface area contributed by atoms with E-state index in [0.717, 1.165) is 11.1 Å². The van der Waals surface area contributed by atoms with E-state index in [1.165, 1.54) is 16.7 Å². The maximum absolute atomic E-state index is 12.4. The normalized spacial score (nSPS) is 10.6. The second kappa shape index (κ2) is 7.78. The number of nitro groups is 1. The lowest BCUT2D eigenvalue weighted by molar-refractivity contribution is -0.384. The molecular formula is C19H19N5O4. The predicted molar refractivity (Wildman–Crippen MR) is 106 cm³/mol. The molecule has 28 heavy (non-hydrogen) atoms. The minimum Gasteiger partial charge on any atom is -0.383 e. The van der Waals surface area contributed by atoms with Gasteiger partial charge in [0.1, 0.15) is 11.5 Å². The Kier molecular flexibility index (Phi) is 5.25. The largest absolute Gasteiger partial charge is 0.383 e. The molecule has 0 unspecified atom stereocenters. The van der Waals surface area contributed by atoms with Gasteiger partial charge in [0.05, 0.1) is 11.5 Å². The minimum atomic E-state index is -0.587. The third kappa shape index (κ3) is 3.93. The summed E-state index contributed by atoms with van der Waals surface area (Å²) in [4.78, 5) is 38.8. The maximum atomic E-state index is 12.4. The number of nitrogens with zero attached hydrogens (tertiary/aromatic N) is 3. The molecule has 0 aliphatic rings. The Hall–Kier alpha value is -3.88. The number of aromatic nitrogens is 2. The van der Waals surface area contributed by atoms with Gasteiger partial charge in [-0.2, -0.15) is 0 Å². The second-order valence-corrected chi connectivity index (χ2v) is 6.34. The summed E-state index contributed by atoms with van der Waals surface area (Å²) >= 11 is 0. The number of aromatic amines is 1. The molecule has 3 aromatic rings. The molecule has 0 saturated carbocycles. The van der Waals surface area contributed by atoms with Gasteiger partial charge >= 0.3 is 5.69 Å². The first kappa shape index (κ1) is 18.9. The molecular weight excluding hydrogens is 362 g/mol. The molecule has 0 amide bonds. The van der Waals surface area contributed by atoms with Gasteiger partial charge in [0, 0.05) is 25.7 Å². The number of H-pyrrole nitrogens is 1. The number of non-ortho nitro benzene ring substituents is 1. The van der Waals surface area contributed by atoms with E-state index in [1.54, 1.807) is 24.1 Å². The van der Waals surface area contributed by atoms with Crippen LogP contribution in [0.25, 0.3) is 0 Å². The minimum absolute atomic E-state index is 0.0137. The van der Waals surface area contributed by atoms with Crippen molar-refractivity contribution in [3.63, 3.8) is 0 Å². The number of hydrogen-bond donors (Lipinski definition) is 2. The third-order valence-electron chi connectivity index (χ3n) is 4.35. The highest BCUT2D eigenvalue weighted by molar-refractivity contribution is 5.62. The van der Waals surface area contributed by atoms with E-state index in [2.05, 4.69) is 4.98 Å². The van der Waals surface area contributed by atoms with Crippen molar-refractivity contribution in [3.05, 3.63) is 96.7 Å². The predicted octanol–water partition coefficient (Wildman–Crippen LogP) is 1.71. The monoisotopic (exact) mass is 381 g/mol. The Morgan fingerprint density at radius 1 is 1.07 bits per heavy atom. The van der Waals surface area contributed by atoms with Crippen LogP contribution in [0.2, 0.25) is 0 Å². The van der Waals surface area contributed by atoms with Gasteiger partial charge in [0.25, 0.3) is 11.2 Å². The van der Waals surface area contributed by atoms with Crippen molar-refractivity contribution in [1.29, 1.82) is 0 Å². The fourth-order valence-electron chi connectivity index (χ4n) is 2.95. The van der Waals surface area contributed by atoms with Crippen molar-refractivity contribution < 1.29 is 4.92 Å². The van der Waals surface area contributed by atoms with E-state index in [1.807, 2.05) is 30.3 Å². The summed E-state index contributed by atoms with van der Waals surface area (Å²) in [5.41, 5.74) is 6.76. The van der Waals surface area contributed by atoms with E-state index in [-0.39, 0.29) is 30.3 Å². The first-order chi connectivity index (χ1) is 13.4. The lowest BCUT2D eigenvalue weighted by Crippen LogP contribution is -2.37. The highest BCUT2D eigenvalue weighted by atomic mass is 16.6. The number of nitrogens with two attached hydrogens (primary N) is 1. The SMILES string of the molecule is CN(Cc1ccc([N+](=O)[O-])cc1)c1c(N)n(Cc2ccccc2)c(=O)[nH]c1=O. The van der Waals surface area contributed by atoms with E-state index >= 15 is 0 Å². The number of nitro benzene ring substituents is 1. The average Bonchev–Trinajstić information content (AvgIpc) is 2.66. The number of anilines is 2. The van der Waals surface area contributed by atoms with Crippen molar-refractivity contribution >= 4 is 17.2 Å². The van der Waals surface area contributed by atoms with E-state index in [4.69, 9.17) is 5.73 Å². The Balaban J connectivity index is 1.92. The molecule has 1 heterocycles. The van der Waals surface area contributed by atoms with Gasteiger partial charge in [-0.25, -0.2) is 4.79 Å². The Bertz CT molecular complexity index is 1100. The molecule has 0 bridgehead atoms. The molecule has 9 nitrogen and oxygen atoms in total. The van der Waals surface area contributed by atoms with Crippen molar-refractivity contribution in [2.24, 2.45) is 0 Å². The fraction of sp³-hybridized carbons (Fsp3) is 0.158. The molecule has 2 aromatic carbocycles. The molecule has 144 valence electrons. The van der Waals surface area contributed by atoms with Crippen molar-refractivity contribution in [3.8, 4) is 0 Å². The molecule has 0 aliphatic heterocycles. The van der Waals surface area contributed by atoms with Crippen LogP contribution in [0.3, 0.4) is 0 Å². The Labute approximate surface area is 159 Å². The molecule has 0 saturated heterocycles. The van der Waals surface area contributed by atoms with Crippen LogP contribution < -0.4 is 21.9 Å². The zero-order valence-electron chi connectivity index (χ0n) is 15.2. The zero-order chi connectivity index (χ0) is 20.3. The molecule has 3 N–H and O–H groups in total. The highest BCUT2D eigenvalue weighted by Crippen LogP contribution is 2.19. The molecule has 0 atom stereocenters. The second-order valence-electron chi connectivity index (χ2n) is 6.34. The van der Waals surface area contributed by atoms with Gasteiger partial charge in [-0.15, -0.1) is 0 Å². The van der Waals surface area contributed by atoms with Gasteiger partial charge in [0.15, 0.2) is 0 Å². The molecule has 0 radical (unpaired) electrons. The Morgan fingerprint density at radius 2 is 1.71 bits per heavy atom. The van der Waals surface area contributed by atoms with Gasteiger partial charge in [0.2, 0.25) is 0 Å². The van der Waals surface area contributed by atoms with Crippen LogP contribution in [0.15, 0.2) is 64.2 Å². The summed E-state index contributed by atoms with van der Waals surface area (Å²) in [6.07, 6.45) is 0. The van der Waals surface area contributed by atoms with Crippen molar-refractivity contribution in [1.82, 2.24) is 9.55 Å². The summed E-state index contributed by atoms with van der Waals surface area (Å²) in [7, 11) is 1.67.